The number of aromatic nitrogens is 1. The van der Waals surface area contributed by atoms with Crippen LogP contribution in [0.15, 0.2) is 10.6 Å². The van der Waals surface area contributed by atoms with Gasteiger partial charge in [0.1, 0.15) is 5.76 Å². The highest BCUT2D eigenvalue weighted by molar-refractivity contribution is 5.92. The van der Waals surface area contributed by atoms with Gasteiger partial charge < -0.3 is 15.2 Å². The summed E-state index contributed by atoms with van der Waals surface area (Å²) in [5, 5.41) is 8.91. The molecular formula is C11H17N3O3. The molecule has 1 heterocycles. The summed E-state index contributed by atoms with van der Waals surface area (Å²) in [6.45, 7) is 6.10. The Hall–Kier alpha value is -1.85. The smallest absolute Gasteiger partial charge is 0.273 e. The molecule has 0 aliphatic carbocycles. The second-order valence-electron chi connectivity index (χ2n) is 4.02. The van der Waals surface area contributed by atoms with Crippen LogP contribution in [0.1, 0.15) is 30.1 Å². The topological polar surface area (TPSA) is 84.2 Å². The first kappa shape index (κ1) is 13.2. The highest BCUT2D eigenvalue weighted by Gasteiger charge is 2.10. The van der Waals surface area contributed by atoms with Gasteiger partial charge in [-0.2, -0.15) is 0 Å². The monoisotopic (exact) mass is 239 g/mol. The van der Waals surface area contributed by atoms with Crippen LogP contribution in [0.2, 0.25) is 0 Å². The fraction of sp³-hybridized carbons (Fsp3) is 0.545. The highest BCUT2D eigenvalue weighted by Crippen LogP contribution is 2.00. The van der Waals surface area contributed by atoms with Gasteiger partial charge in [0.25, 0.3) is 5.91 Å². The molecule has 1 rings (SSSR count). The maximum Gasteiger partial charge on any atom is 0.273 e. The molecule has 0 aromatic carbocycles. The molecule has 94 valence electrons. The van der Waals surface area contributed by atoms with Gasteiger partial charge in [0, 0.05) is 25.1 Å². The molecule has 0 atom stereocenters. The second kappa shape index (κ2) is 6.03. The van der Waals surface area contributed by atoms with E-state index in [2.05, 4.69) is 15.8 Å². The molecule has 0 saturated heterocycles. The molecule has 1 aromatic rings. The van der Waals surface area contributed by atoms with Gasteiger partial charge >= 0.3 is 0 Å². The summed E-state index contributed by atoms with van der Waals surface area (Å²) in [5.41, 5.74) is 0.248. The first-order chi connectivity index (χ1) is 8.00. The molecule has 0 spiro atoms. The third-order valence-corrected chi connectivity index (χ3v) is 2.09. The Morgan fingerprint density at radius 1 is 1.35 bits per heavy atom. The van der Waals surface area contributed by atoms with Gasteiger partial charge in [0.05, 0.1) is 0 Å². The third-order valence-electron chi connectivity index (χ3n) is 2.09. The summed E-state index contributed by atoms with van der Waals surface area (Å²) in [6.07, 6.45) is 0. The molecule has 1 aromatic heterocycles. The lowest BCUT2D eigenvalue weighted by atomic mass is 10.2. The Morgan fingerprint density at radius 3 is 2.53 bits per heavy atom. The lowest BCUT2D eigenvalue weighted by molar-refractivity contribution is -0.123. The predicted octanol–water partition coefficient (Wildman–Crippen LogP) is 0.485. The number of nitrogens with zero attached hydrogens (tertiary/aromatic N) is 1. The molecule has 0 unspecified atom stereocenters. The van der Waals surface area contributed by atoms with Crippen LogP contribution in [0.4, 0.5) is 0 Å². The second-order valence-corrected chi connectivity index (χ2v) is 4.02. The van der Waals surface area contributed by atoms with Crippen LogP contribution in [0.25, 0.3) is 0 Å². The first-order valence-electron chi connectivity index (χ1n) is 5.50. The number of carbonyl (C=O) groups excluding carboxylic acids is 2. The van der Waals surface area contributed by atoms with Crippen molar-refractivity contribution < 1.29 is 14.1 Å². The maximum atomic E-state index is 11.5. The predicted molar refractivity (Wildman–Crippen MR) is 61.4 cm³/mol. The van der Waals surface area contributed by atoms with E-state index in [1.807, 2.05) is 13.8 Å². The van der Waals surface area contributed by atoms with Gasteiger partial charge in [-0.15, -0.1) is 0 Å². The summed E-state index contributed by atoms with van der Waals surface area (Å²) in [4.78, 5) is 22.7. The van der Waals surface area contributed by atoms with E-state index in [4.69, 9.17) is 4.52 Å². The molecule has 0 radical (unpaired) electrons. The minimum absolute atomic E-state index is 0.0310. The Labute approximate surface area is 99.7 Å². The van der Waals surface area contributed by atoms with Gasteiger partial charge in [0.15, 0.2) is 5.69 Å². The molecule has 2 N–H and O–H groups in total. The summed E-state index contributed by atoms with van der Waals surface area (Å²) >= 11 is 0. The quantitative estimate of drug-likeness (QED) is 0.732. The Balaban J connectivity index is 2.23. The van der Waals surface area contributed by atoms with E-state index in [0.29, 0.717) is 18.8 Å². The van der Waals surface area contributed by atoms with E-state index in [0.717, 1.165) is 0 Å². The standard InChI is InChI=1S/C11H17N3O3/c1-7(2)10(15)12-4-5-13-11(16)9-6-8(3)17-14-9/h6-7H,4-5H2,1-3H3,(H,12,15)(H,13,16). The highest BCUT2D eigenvalue weighted by atomic mass is 16.5. The van der Waals surface area contributed by atoms with Crippen LogP contribution in [0, 0.1) is 12.8 Å². The molecule has 2 amide bonds. The van der Waals surface area contributed by atoms with E-state index in [9.17, 15) is 9.59 Å². The summed E-state index contributed by atoms with van der Waals surface area (Å²) in [5.74, 6) is 0.198. The molecule has 6 heteroatoms. The fourth-order valence-corrected chi connectivity index (χ4v) is 1.13. The van der Waals surface area contributed by atoms with Gasteiger partial charge in [-0.1, -0.05) is 19.0 Å². The molecule has 17 heavy (non-hydrogen) atoms. The average Bonchev–Trinajstić information content (AvgIpc) is 2.70. The van der Waals surface area contributed by atoms with Crippen LogP contribution in [-0.4, -0.2) is 30.1 Å². The van der Waals surface area contributed by atoms with Crippen LogP contribution in [0.3, 0.4) is 0 Å². The van der Waals surface area contributed by atoms with Crippen molar-refractivity contribution >= 4 is 11.8 Å². The zero-order valence-corrected chi connectivity index (χ0v) is 10.2. The van der Waals surface area contributed by atoms with Gasteiger partial charge in [-0.25, -0.2) is 0 Å². The van der Waals surface area contributed by atoms with E-state index in [1.54, 1.807) is 13.0 Å². The van der Waals surface area contributed by atoms with Crippen molar-refractivity contribution in [1.29, 1.82) is 0 Å². The number of hydrogen-bond acceptors (Lipinski definition) is 4. The van der Waals surface area contributed by atoms with Crippen molar-refractivity contribution in [3.05, 3.63) is 17.5 Å². The van der Waals surface area contributed by atoms with Crippen molar-refractivity contribution in [2.24, 2.45) is 5.92 Å². The number of rotatable bonds is 5. The normalized spacial score (nSPS) is 10.4. The van der Waals surface area contributed by atoms with Crippen LogP contribution in [-0.2, 0) is 4.79 Å². The molecule has 0 fully saturated rings. The number of carbonyl (C=O) groups is 2. The van der Waals surface area contributed by atoms with Crippen LogP contribution < -0.4 is 10.6 Å². The number of aryl methyl sites for hydroxylation is 1. The molecule has 0 aliphatic heterocycles. The van der Waals surface area contributed by atoms with Crippen molar-refractivity contribution in [1.82, 2.24) is 15.8 Å². The Morgan fingerprint density at radius 2 is 2.00 bits per heavy atom. The van der Waals surface area contributed by atoms with Gasteiger partial charge in [0.2, 0.25) is 5.91 Å². The maximum absolute atomic E-state index is 11.5. The zero-order valence-electron chi connectivity index (χ0n) is 10.2. The Bertz CT molecular complexity index is 398. The zero-order chi connectivity index (χ0) is 12.8. The molecule has 0 bridgehead atoms. The lowest BCUT2D eigenvalue weighted by Crippen LogP contribution is -2.36. The summed E-state index contributed by atoms with van der Waals surface area (Å²) < 4.78 is 4.78. The minimum Gasteiger partial charge on any atom is -0.361 e. The average molecular weight is 239 g/mol. The minimum atomic E-state index is -0.305. The molecule has 6 nitrogen and oxygen atoms in total. The van der Waals surface area contributed by atoms with E-state index >= 15 is 0 Å². The number of nitrogens with one attached hydrogen (secondary N) is 2. The number of amides is 2. The largest absolute Gasteiger partial charge is 0.361 e. The van der Waals surface area contributed by atoms with Gasteiger partial charge in [-0.3, -0.25) is 9.59 Å². The third kappa shape index (κ3) is 4.26. The number of hydrogen-bond donors (Lipinski definition) is 2. The SMILES string of the molecule is Cc1cc(C(=O)NCCNC(=O)C(C)C)no1. The summed E-state index contributed by atoms with van der Waals surface area (Å²) in [6, 6.07) is 1.56. The van der Waals surface area contributed by atoms with Crippen molar-refractivity contribution in [2.45, 2.75) is 20.8 Å². The fourth-order valence-electron chi connectivity index (χ4n) is 1.13. The van der Waals surface area contributed by atoms with Crippen LogP contribution >= 0.6 is 0 Å². The van der Waals surface area contributed by atoms with E-state index in [1.165, 1.54) is 0 Å². The first-order valence-corrected chi connectivity index (χ1v) is 5.50. The van der Waals surface area contributed by atoms with Gasteiger partial charge in [-0.05, 0) is 6.92 Å². The summed E-state index contributed by atoms with van der Waals surface area (Å²) in [7, 11) is 0. The van der Waals surface area contributed by atoms with Crippen LogP contribution in [0.5, 0.6) is 0 Å². The van der Waals surface area contributed by atoms with E-state index in [-0.39, 0.29) is 23.4 Å². The lowest BCUT2D eigenvalue weighted by Gasteiger charge is -2.07. The molecule has 0 saturated carbocycles. The Kier molecular flexibility index (Phi) is 4.68. The van der Waals surface area contributed by atoms with Crippen molar-refractivity contribution in [3.8, 4) is 0 Å². The van der Waals surface area contributed by atoms with Crippen molar-refractivity contribution in [3.63, 3.8) is 0 Å². The van der Waals surface area contributed by atoms with Crippen molar-refractivity contribution in [2.75, 3.05) is 13.1 Å². The molecule has 0 aliphatic rings. The molecular weight excluding hydrogens is 222 g/mol. The van der Waals surface area contributed by atoms with E-state index < -0.39 is 0 Å².